The van der Waals surface area contributed by atoms with E-state index in [1.807, 2.05) is 12.1 Å². The molecular weight excluding hydrogens is 556 g/mol. The number of allylic oxidation sites excluding steroid dienone is 1. The van der Waals surface area contributed by atoms with Gasteiger partial charge in [0.25, 0.3) is 0 Å². The lowest BCUT2D eigenvalue weighted by molar-refractivity contribution is -0.128. The van der Waals surface area contributed by atoms with Crippen LogP contribution in [0.2, 0.25) is 0 Å². The molecule has 10 rings (SSSR count). The van der Waals surface area contributed by atoms with Crippen molar-refractivity contribution in [1.29, 1.82) is 0 Å². The maximum absolute atomic E-state index is 12.6. The molecule has 4 aliphatic heterocycles. The minimum atomic E-state index is -0.371. The van der Waals surface area contributed by atoms with E-state index in [0.29, 0.717) is 24.4 Å². The monoisotopic (exact) mass is 594 g/mol. The molecule has 8 nitrogen and oxygen atoms in total. The second-order valence-electron chi connectivity index (χ2n) is 13.8. The van der Waals surface area contributed by atoms with Gasteiger partial charge in [-0.25, -0.2) is 0 Å². The molecule has 7 atom stereocenters. The summed E-state index contributed by atoms with van der Waals surface area (Å²) < 4.78 is 23.4. The van der Waals surface area contributed by atoms with E-state index in [2.05, 4.69) is 48.2 Å². The minimum Gasteiger partial charge on any atom is -0.493 e. The molecular formula is C36H38N2O6. The molecule has 4 bridgehead atoms. The maximum Gasteiger partial charge on any atom is 0.196 e. The standard InChI is InChI=1S/2C18H19NO3/c2*1-19-8-7-18-11-4-5-13(20)17(18)22-16-14(21-2)6-3-10(15(16)18)9-12(11)19/h3-4,6,12,17H,5,7-9H2,1-2H3;3-6,11-12,17H,7-9H2,1-2H3/t12-,17+,18+;11-,12+,17-,18-/m10/s1. The van der Waals surface area contributed by atoms with Crippen LogP contribution in [0.3, 0.4) is 0 Å². The second kappa shape index (κ2) is 8.98. The Morgan fingerprint density at radius 1 is 0.841 bits per heavy atom. The fraction of sp³-hybridized carbons (Fsp3) is 0.500. The molecule has 2 spiro atoms. The van der Waals surface area contributed by atoms with Gasteiger partial charge in [0.1, 0.15) is 0 Å². The van der Waals surface area contributed by atoms with Crippen molar-refractivity contribution < 1.29 is 28.5 Å². The highest BCUT2D eigenvalue weighted by atomic mass is 16.5. The molecule has 2 saturated heterocycles. The van der Waals surface area contributed by atoms with E-state index in [1.54, 1.807) is 20.3 Å². The van der Waals surface area contributed by atoms with Crippen molar-refractivity contribution in [3.05, 3.63) is 70.3 Å². The highest BCUT2D eigenvalue weighted by Crippen LogP contribution is 2.63. The summed E-state index contributed by atoms with van der Waals surface area (Å²) in [5.41, 5.74) is 6.13. The van der Waals surface area contributed by atoms with Crippen molar-refractivity contribution in [3.63, 3.8) is 0 Å². The number of nitrogens with zero attached hydrogens (tertiary/aromatic N) is 2. The Morgan fingerprint density at radius 3 is 2.27 bits per heavy atom. The number of piperidine rings is 2. The molecule has 2 aromatic carbocycles. The summed E-state index contributed by atoms with van der Waals surface area (Å²) in [6.45, 7) is 2.02. The van der Waals surface area contributed by atoms with E-state index in [1.165, 1.54) is 27.8 Å². The quantitative estimate of drug-likeness (QED) is 0.489. The lowest BCUT2D eigenvalue weighted by atomic mass is 9.53. The second-order valence-corrected chi connectivity index (χ2v) is 13.8. The third-order valence-corrected chi connectivity index (χ3v) is 12.3. The van der Waals surface area contributed by atoms with Gasteiger partial charge < -0.3 is 23.8 Å². The van der Waals surface area contributed by atoms with E-state index >= 15 is 0 Å². The third-order valence-electron chi connectivity index (χ3n) is 12.3. The highest BCUT2D eigenvalue weighted by molar-refractivity contribution is 5.98. The Bertz CT molecular complexity index is 1710. The van der Waals surface area contributed by atoms with E-state index in [4.69, 9.17) is 18.9 Å². The van der Waals surface area contributed by atoms with Gasteiger partial charge in [-0.05, 0) is 87.8 Å². The normalized spacial score (nSPS) is 36.3. The molecule has 0 amide bonds. The summed E-state index contributed by atoms with van der Waals surface area (Å²) in [5.74, 6) is 3.81. The number of likely N-dealkylation sites (N-methyl/N-ethyl adjacent to an activating group) is 2. The lowest BCUT2D eigenvalue weighted by Gasteiger charge is -2.55. The van der Waals surface area contributed by atoms with E-state index in [0.717, 1.165) is 61.8 Å². The summed E-state index contributed by atoms with van der Waals surface area (Å²) in [6.07, 6.45) is 9.78. The van der Waals surface area contributed by atoms with Crippen LogP contribution < -0.4 is 18.9 Å². The van der Waals surface area contributed by atoms with E-state index in [-0.39, 0.29) is 34.6 Å². The van der Waals surface area contributed by atoms with Crippen LogP contribution in [0.1, 0.15) is 41.5 Å². The summed E-state index contributed by atoms with van der Waals surface area (Å²) >= 11 is 0. The van der Waals surface area contributed by atoms with Crippen LogP contribution in [0.25, 0.3) is 0 Å². The smallest absolute Gasteiger partial charge is 0.196 e. The highest BCUT2D eigenvalue weighted by Gasteiger charge is 2.65. The molecule has 44 heavy (non-hydrogen) atoms. The number of methoxy groups -OCH3 is 2. The molecule has 2 aromatic rings. The Kier molecular flexibility index (Phi) is 5.46. The van der Waals surface area contributed by atoms with Crippen molar-refractivity contribution >= 4 is 11.6 Å². The number of ether oxygens (including phenoxy) is 4. The first-order valence-corrected chi connectivity index (χ1v) is 15.9. The number of benzene rings is 2. The zero-order valence-corrected chi connectivity index (χ0v) is 25.7. The number of ketones is 2. The number of Topliss-reactive ketones (excluding diaryl/α,β-unsaturated/α-hetero) is 1. The Labute approximate surface area is 257 Å². The summed E-state index contributed by atoms with van der Waals surface area (Å²) in [7, 11) is 7.72. The van der Waals surface area contributed by atoms with Crippen LogP contribution in [0.15, 0.2) is 48.1 Å². The Hall–Kier alpha value is -3.62. The van der Waals surface area contributed by atoms with Crippen molar-refractivity contribution in [1.82, 2.24) is 9.80 Å². The number of carbonyl (C=O) groups excluding carboxylic acids is 2. The summed E-state index contributed by atoms with van der Waals surface area (Å²) in [4.78, 5) is 30.0. The fourth-order valence-electron chi connectivity index (χ4n) is 10.3. The lowest BCUT2D eigenvalue weighted by Crippen LogP contribution is -2.64. The molecule has 2 fully saturated rings. The summed E-state index contributed by atoms with van der Waals surface area (Å²) in [6, 6.07) is 9.15. The first kappa shape index (κ1) is 26.8. The number of hydrogen-bond donors (Lipinski definition) is 0. The van der Waals surface area contributed by atoms with Crippen LogP contribution in [0.5, 0.6) is 23.0 Å². The average Bonchev–Trinajstić information content (AvgIpc) is 3.57. The molecule has 0 unspecified atom stereocenters. The molecule has 0 N–H and O–H groups in total. The van der Waals surface area contributed by atoms with Crippen molar-refractivity contribution in [2.45, 2.75) is 67.2 Å². The van der Waals surface area contributed by atoms with Crippen molar-refractivity contribution in [2.24, 2.45) is 5.92 Å². The predicted molar refractivity (Wildman–Crippen MR) is 163 cm³/mol. The number of likely N-dealkylation sites (tertiary alicyclic amines) is 2. The van der Waals surface area contributed by atoms with Gasteiger partial charge in [0, 0.05) is 35.5 Å². The van der Waals surface area contributed by atoms with Crippen LogP contribution >= 0.6 is 0 Å². The predicted octanol–water partition coefficient (Wildman–Crippen LogP) is 3.56. The number of rotatable bonds is 2. The molecule has 0 radical (unpaired) electrons. The molecule has 8 heteroatoms. The zero-order valence-electron chi connectivity index (χ0n) is 25.7. The first-order chi connectivity index (χ1) is 21.3. The maximum atomic E-state index is 12.6. The molecule has 228 valence electrons. The third kappa shape index (κ3) is 3.06. The first-order valence-electron chi connectivity index (χ1n) is 15.9. The van der Waals surface area contributed by atoms with Gasteiger partial charge in [-0.2, -0.15) is 0 Å². The van der Waals surface area contributed by atoms with Gasteiger partial charge in [-0.15, -0.1) is 0 Å². The average molecular weight is 595 g/mol. The SMILES string of the molecule is COc1ccc2c3c1O[C@H]1C(=O)C=C[C@H]4[C@@H](C2)N(C)CC[C@]314.COc1ccc2c3c1O[C@H]1C(=O)CC=C4[C@@H](C2)N(C)CC[C@]431. The fourth-order valence-corrected chi connectivity index (χ4v) is 10.3. The molecule has 4 heterocycles. The van der Waals surface area contributed by atoms with Gasteiger partial charge in [0.2, 0.25) is 0 Å². The minimum absolute atomic E-state index is 0.102. The van der Waals surface area contributed by atoms with Crippen LogP contribution in [0, 0.1) is 5.92 Å². The topological polar surface area (TPSA) is 77.5 Å². The zero-order chi connectivity index (χ0) is 30.1. The summed E-state index contributed by atoms with van der Waals surface area (Å²) in [5, 5.41) is 0. The van der Waals surface area contributed by atoms with Gasteiger partial charge in [0.05, 0.1) is 25.0 Å². The Balaban J connectivity index is 0.000000123. The number of hydrogen-bond acceptors (Lipinski definition) is 8. The van der Waals surface area contributed by atoms with Gasteiger partial charge in [-0.1, -0.05) is 24.3 Å². The largest absolute Gasteiger partial charge is 0.493 e. The van der Waals surface area contributed by atoms with Gasteiger partial charge in [-0.3, -0.25) is 14.5 Å². The van der Waals surface area contributed by atoms with E-state index < -0.39 is 0 Å². The van der Waals surface area contributed by atoms with Crippen molar-refractivity contribution in [3.8, 4) is 23.0 Å². The van der Waals surface area contributed by atoms with Gasteiger partial charge in [0.15, 0.2) is 46.8 Å². The Morgan fingerprint density at radius 2 is 1.52 bits per heavy atom. The van der Waals surface area contributed by atoms with Gasteiger partial charge >= 0.3 is 0 Å². The molecule has 4 aliphatic carbocycles. The van der Waals surface area contributed by atoms with Crippen LogP contribution in [-0.4, -0.2) is 87.1 Å². The van der Waals surface area contributed by atoms with Crippen LogP contribution in [-0.2, 0) is 33.3 Å². The molecule has 0 saturated carbocycles. The molecule has 8 aliphatic rings. The van der Waals surface area contributed by atoms with E-state index in [9.17, 15) is 9.59 Å². The van der Waals surface area contributed by atoms with Crippen LogP contribution in [0.4, 0.5) is 0 Å². The number of carbonyl (C=O) groups is 2. The molecule has 0 aromatic heterocycles. The van der Waals surface area contributed by atoms with Crippen molar-refractivity contribution in [2.75, 3.05) is 41.4 Å².